The van der Waals surface area contributed by atoms with Crippen LogP contribution in [-0.2, 0) is 14.8 Å². The van der Waals surface area contributed by atoms with Crippen molar-refractivity contribution in [3.8, 4) is 5.75 Å². The minimum Gasteiger partial charge on any atom is -0.495 e. The molecule has 0 bridgehead atoms. The molecule has 1 aromatic carbocycles. The molecule has 24 heavy (non-hydrogen) atoms. The molecule has 1 heterocycles. The smallest absolute Gasteiger partial charge is 0.337 e. The minimum atomic E-state index is -3.66. The van der Waals surface area contributed by atoms with Crippen LogP contribution in [0.15, 0.2) is 23.1 Å². The van der Waals surface area contributed by atoms with Crippen LogP contribution < -0.4 is 10.1 Å². The molecule has 0 amide bonds. The number of carbonyl (C=O) groups excluding carboxylic acids is 1. The summed E-state index contributed by atoms with van der Waals surface area (Å²) in [5.41, 5.74) is 0.247. The molecule has 1 aliphatic rings. The second-order valence-electron chi connectivity index (χ2n) is 5.32. The summed E-state index contributed by atoms with van der Waals surface area (Å²) < 4.78 is 36.9. The molecule has 1 aromatic rings. The molecule has 0 radical (unpaired) electrons. The Balaban J connectivity index is 0.00000288. The summed E-state index contributed by atoms with van der Waals surface area (Å²) in [6.45, 7) is 0.908. The number of esters is 1. The van der Waals surface area contributed by atoms with Gasteiger partial charge in [0.1, 0.15) is 10.6 Å². The summed E-state index contributed by atoms with van der Waals surface area (Å²) in [5, 5.41) is 3.17. The highest BCUT2D eigenvalue weighted by Crippen LogP contribution is 2.29. The Bertz CT molecular complexity index is 672. The number of nitrogens with one attached hydrogen (secondary N) is 1. The zero-order chi connectivity index (χ0) is 17.0. The summed E-state index contributed by atoms with van der Waals surface area (Å²) in [6, 6.07) is 4.55. The van der Waals surface area contributed by atoms with Crippen LogP contribution in [0.4, 0.5) is 0 Å². The lowest BCUT2D eigenvalue weighted by Gasteiger charge is -2.31. The molecular formula is C15H23ClN2O5S. The van der Waals surface area contributed by atoms with E-state index in [1.54, 1.807) is 0 Å². The number of nitrogens with zero attached hydrogens (tertiary/aromatic N) is 1. The molecular weight excluding hydrogens is 356 g/mol. The molecule has 1 saturated heterocycles. The van der Waals surface area contributed by atoms with Gasteiger partial charge in [-0.05, 0) is 38.1 Å². The summed E-state index contributed by atoms with van der Waals surface area (Å²) in [7, 11) is 0.868. The topological polar surface area (TPSA) is 84.9 Å². The van der Waals surface area contributed by atoms with Crippen molar-refractivity contribution in [3.63, 3.8) is 0 Å². The van der Waals surface area contributed by atoms with Crippen LogP contribution in [0.25, 0.3) is 0 Å². The van der Waals surface area contributed by atoms with Crippen molar-refractivity contribution < 1.29 is 22.7 Å². The molecule has 7 nitrogen and oxygen atoms in total. The Morgan fingerprint density at radius 1 is 1.25 bits per heavy atom. The minimum absolute atomic E-state index is 0. The first-order chi connectivity index (χ1) is 10.9. The van der Waals surface area contributed by atoms with Crippen LogP contribution in [0.3, 0.4) is 0 Å². The van der Waals surface area contributed by atoms with Gasteiger partial charge in [-0.1, -0.05) is 0 Å². The molecule has 0 spiro atoms. The van der Waals surface area contributed by atoms with Crippen molar-refractivity contribution in [2.45, 2.75) is 23.8 Å². The molecule has 1 N–H and O–H groups in total. The van der Waals surface area contributed by atoms with E-state index >= 15 is 0 Å². The van der Waals surface area contributed by atoms with E-state index in [9.17, 15) is 13.2 Å². The van der Waals surface area contributed by atoms with Gasteiger partial charge in [0.2, 0.25) is 10.0 Å². The average molecular weight is 379 g/mol. The van der Waals surface area contributed by atoms with Gasteiger partial charge >= 0.3 is 5.97 Å². The van der Waals surface area contributed by atoms with Gasteiger partial charge in [0.25, 0.3) is 0 Å². The fourth-order valence-corrected chi connectivity index (χ4v) is 4.26. The second kappa shape index (κ2) is 8.66. The normalized spacial score (nSPS) is 16.3. The summed E-state index contributed by atoms with van der Waals surface area (Å²) in [5.74, 6) is -0.397. The molecule has 9 heteroatoms. The number of benzene rings is 1. The van der Waals surface area contributed by atoms with E-state index in [1.807, 2.05) is 7.05 Å². The van der Waals surface area contributed by atoms with E-state index in [-0.39, 0.29) is 28.6 Å². The first-order valence-corrected chi connectivity index (χ1v) is 8.81. The van der Waals surface area contributed by atoms with Crippen molar-refractivity contribution in [1.82, 2.24) is 9.62 Å². The molecule has 2 rings (SSSR count). The highest BCUT2D eigenvalue weighted by Gasteiger charge is 2.31. The number of rotatable bonds is 5. The van der Waals surface area contributed by atoms with Gasteiger partial charge in [-0.3, -0.25) is 0 Å². The number of halogens is 1. The standard InChI is InChI=1S/C15H22N2O5S.ClH/c1-16-12-6-8-17(9-7-12)23(19,20)14-5-4-11(15(18)22-3)10-13(14)21-2;/h4-5,10,12,16H,6-9H2,1-3H3;1H. The first kappa shape index (κ1) is 20.7. The summed E-state index contributed by atoms with van der Waals surface area (Å²) in [6.07, 6.45) is 1.52. The maximum atomic E-state index is 12.8. The number of piperidine rings is 1. The number of ether oxygens (including phenoxy) is 2. The molecule has 1 aliphatic heterocycles. The maximum Gasteiger partial charge on any atom is 0.337 e. The molecule has 136 valence electrons. The fourth-order valence-electron chi connectivity index (χ4n) is 2.65. The van der Waals surface area contributed by atoms with Crippen molar-refractivity contribution in [1.29, 1.82) is 0 Å². The monoisotopic (exact) mass is 378 g/mol. The van der Waals surface area contributed by atoms with Gasteiger partial charge in [0.15, 0.2) is 0 Å². The van der Waals surface area contributed by atoms with Gasteiger partial charge in [-0.15, -0.1) is 12.4 Å². The lowest BCUT2D eigenvalue weighted by Crippen LogP contribution is -2.43. The van der Waals surface area contributed by atoms with E-state index < -0.39 is 16.0 Å². The van der Waals surface area contributed by atoms with Crippen LogP contribution in [-0.4, -0.2) is 59.1 Å². The number of sulfonamides is 1. The van der Waals surface area contributed by atoms with Crippen LogP contribution in [0, 0.1) is 0 Å². The summed E-state index contributed by atoms with van der Waals surface area (Å²) >= 11 is 0. The second-order valence-corrected chi connectivity index (χ2v) is 7.23. The zero-order valence-corrected chi connectivity index (χ0v) is 15.6. The Kier molecular flexibility index (Phi) is 7.47. The van der Waals surface area contributed by atoms with Crippen molar-refractivity contribution in [3.05, 3.63) is 23.8 Å². The van der Waals surface area contributed by atoms with Gasteiger partial charge in [0.05, 0.1) is 19.8 Å². The number of hydrogen-bond donors (Lipinski definition) is 1. The molecule has 0 aromatic heterocycles. The Labute approximate surface area is 148 Å². The highest BCUT2D eigenvalue weighted by atomic mass is 35.5. The fraction of sp³-hybridized carbons (Fsp3) is 0.533. The third-order valence-corrected chi connectivity index (χ3v) is 6.00. The van der Waals surface area contributed by atoms with Crippen LogP contribution in [0.1, 0.15) is 23.2 Å². The number of carbonyl (C=O) groups is 1. The Morgan fingerprint density at radius 2 is 1.88 bits per heavy atom. The quantitative estimate of drug-likeness (QED) is 0.777. The van der Waals surface area contributed by atoms with E-state index in [1.165, 1.54) is 36.7 Å². The van der Waals surface area contributed by atoms with Crippen LogP contribution in [0.5, 0.6) is 5.75 Å². The van der Waals surface area contributed by atoms with Crippen molar-refractivity contribution in [2.75, 3.05) is 34.4 Å². The Morgan fingerprint density at radius 3 is 2.38 bits per heavy atom. The van der Waals surface area contributed by atoms with E-state index in [0.717, 1.165) is 12.8 Å². The van der Waals surface area contributed by atoms with Crippen LogP contribution in [0.2, 0.25) is 0 Å². The van der Waals surface area contributed by atoms with Crippen LogP contribution >= 0.6 is 12.4 Å². The third kappa shape index (κ3) is 4.18. The van der Waals surface area contributed by atoms with Crippen molar-refractivity contribution in [2.24, 2.45) is 0 Å². The van der Waals surface area contributed by atoms with Gasteiger partial charge in [-0.25, -0.2) is 13.2 Å². The van der Waals surface area contributed by atoms with E-state index in [0.29, 0.717) is 19.1 Å². The summed E-state index contributed by atoms with van der Waals surface area (Å²) in [4.78, 5) is 11.6. The van der Waals surface area contributed by atoms with Gasteiger partial charge in [-0.2, -0.15) is 4.31 Å². The average Bonchev–Trinajstić information content (AvgIpc) is 2.60. The Hall–Kier alpha value is -1.35. The van der Waals surface area contributed by atoms with E-state index in [4.69, 9.17) is 4.74 Å². The highest BCUT2D eigenvalue weighted by molar-refractivity contribution is 7.89. The molecule has 1 fully saturated rings. The van der Waals surface area contributed by atoms with Crippen molar-refractivity contribution >= 4 is 28.4 Å². The SMILES string of the molecule is CNC1CCN(S(=O)(=O)c2ccc(C(=O)OC)cc2OC)CC1.Cl. The number of hydrogen-bond acceptors (Lipinski definition) is 6. The lowest BCUT2D eigenvalue weighted by atomic mass is 10.1. The van der Waals surface area contributed by atoms with Gasteiger partial charge < -0.3 is 14.8 Å². The maximum absolute atomic E-state index is 12.8. The molecule has 0 aliphatic carbocycles. The number of methoxy groups -OCH3 is 2. The predicted octanol–water partition coefficient (Wildman–Crippen LogP) is 1.28. The predicted molar refractivity (Wildman–Crippen MR) is 92.4 cm³/mol. The van der Waals surface area contributed by atoms with E-state index in [2.05, 4.69) is 10.1 Å². The molecule has 0 atom stereocenters. The largest absolute Gasteiger partial charge is 0.495 e. The third-order valence-electron chi connectivity index (χ3n) is 4.06. The van der Waals surface area contributed by atoms with Gasteiger partial charge in [0, 0.05) is 19.1 Å². The lowest BCUT2D eigenvalue weighted by molar-refractivity contribution is 0.0600. The zero-order valence-electron chi connectivity index (χ0n) is 13.9. The molecule has 0 unspecified atom stereocenters. The molecule has 0 saturated carbocycles. The first-order valence-electron chi connectivity index (χ1n) is 7.37.